The smallest absolute Gasteiger partial charge is 0.248 e. The fourth-order valence-electron chi connectivity index (χ4n) is 1.83. The Morgan fingerprint density at radius 1 is 1.28 bits per heavy atom. The van der Waals surface area contributed by atoms with E-state index in [9.17, 15) is 17.2 Å². The Bertz CT molecular complexity index is 518. The highest BCUT2D eigenvalue weighted by molar-refractivity contribution is 7.89. The first-order valence-corrected chi connectivity index (χ1v) is 6.56. The van der Waals surface area contributed by atoms with Gasteiger partial charge in [0.2, 0.25) is 10.0 Å². The van der Waals surface area contributed by atoms with Crippen LogP contribution in [0.5, 0.6) is 0 Å². The molecule has 8 heteroatoms. The second-order valence-corrected chi connectivity index (χ2v) is 5.84. The Kier molecular flexibility index (Phi) is 4.66. The predicted octanol–water partition coefficient (Wildman–Crippen LogP) is 1.11. The van der Waals surface area contributed by atoms with Crippen molar-refractivity contribution in [1.82, 2.24) is 4.31 Å². The highest BCUT2D eigenvalue weighted by Crippen LogP contribution is 2.25. The molecule has 1 aliphatic heterocycles. The van der Waals surface area contributed by atoms with Gasteiger partial charge in [0.1, 0.15) is 11.6 Å². The van der Waals surface area contributed by atoms with E-state index in [4.69, 9.17) is 5.73 Å². The minimum absolute atomic E-state index is 0. The molecule has 1 saturated heterocycles. The van der Waals surface area contributed by atoms with Gasteiger partial charge in [-0.2, -0.15) is 4.31 Å². The van der Waals surface area contributed by atoms with E-state index in [1.54, 1.807) is 0 Å². The molecule has 2 rings (SSSR count). The highest BCUT2D eigenvalue weighted by atomic mass is 35.5. The number of halogens is 3. The summed E-state index contributed by atoms with van der Waals surface area (Å²) in [4.78, 5) is -0.894. The van der Waals surface area contributed by atoms with E-state index in [0.29, 0.717) is 6.42 Å². The maximum Gasteiger partial charge on any atom is 0.248 e. The summed E-state index contributed by atoms with van der Waals surface area (Å²) in [5.74, 6) is -2.16. The molecule has 1 heterocycles. The lowest BCUT2D eigenvalue weighted by molar-refractivity contribution is 0.452. The third-order valence-electron chi connectivity index (χ3n) is 2.70. The summed E-state index contributed by atoms with van der Waals surface area (Å²) in [5, 5.41) is 0. The van der Waals surface area contributed by atoms with Crippen LogP contribution >= 0.6 is 12.4 Å². The Morgan fingerprint density at radius 3 is 2.28 bits per heavy atom. The summed E-state index contributed by atoms with van der Waals surface area (Å²) < 4.78 is 51.9. The molecule has 18 heavy (non-hydrogen) atoms. The van der Waals surface area contributed by atoms with Crippen molar-refractivity contribution in [3.8, 4) is 0 Å². The standard InChI is InChI=1S/C10H12F2N2O2S.ClH/c11-8-2-1-3-9(12)10(8)17(15,16)14-5-4-7(13)6-14;/h1-3,7H,4-6,13H2;1H/t7-;/m0./s1. The molecule has 0 aliphatic carbocycles. The minimum atomic E-state index is -4.13. The van der Waals surface area contributed by atoms with E-state index in [1.165, 1.54) is 0 Å². The fourth-order valence-corrected chi connectivity index (χ4v) is 3.45. The van der Waals surface area contributed by atoms with Gasteiger partial charge >= 0.3 is 0 Å². The summed E-state index contributed by atoms with van der Waals surface area (Å²) in [6.45, 7) is 0.285. The van der Waals surface area contributed by atoms with Crippen LogP contribution in [0, 0.1) is 11.6 Å². The number of hydrogen-bond donors (Lipinski definition) is 1. The van der Waals surface area contributed by atoms with Crippen molar-refractivity contribution in [3.63, 3.8) is 0 Å². The average molecular weight is 299 g/mol. The Morgan fingerprint density at radius 2 is 1.83 bits per heavy atom. The van der Waals surface area contributed by atoms with E-state index in [2.05, 4.69) is 0 Å². The Balaban J connectivity index is 0.00000162. The number of nitrogens with zero attached hydrogens (tertiary/aromatic N) is 1. The van der Waals surface area contributed by atoms with E-state index >= 15 is 0 Å². The second-order valence-electron chi connectivity index (χ2n) is 3.96. The van der Waals surface area contributed by atoms with Gasteiger partial charge in [0.05, 0.1) is 0 Å². The predicted molar refractivity (Wildman–Crippen MR) is 65.0 cm³/mol. The molecule has 0 unspecified atom stereocenters. The summed E-state index contributed by atoms with van der Waals surface area (Å²) in [7, 11) is -4.13. The summed E-state index contributed by atoms with van der Waals surface area (Å²) >= 11 is 0. The zero-order valence-electron chi connectivity index (χ0n) is 9.34. The third kappa shape index (κ3) is 2.64. The monoisotopic (exact) mass is 298 g/mol. The minimum Gasteiger partial charge on any atom is -0.326 e. The van der Waals surface area contributed by atoms with Crippen LogP contribution < -0.4 is 5.73 Å². The molecule has 1 aromatic carbocycles. The normalized spacial score (nSPS) is 20.7. The lowest BCUT2D eigenvalue weighted by Gasteiger charge is -2.16. The van der Waals surface area contributed by atoms with Gasteiger partial charge in [0.15, 0.2) is 4.90 Å². The third-order valence-corrected chi connectivity index (χ3v) is 4.62. The molecule has 1 aromatic rings. The maximum absolute atomic E-state index is 13.4. The van der Waals surface area contributed by atoms with Crippen molar-refractivity contribution < 1.29 is 17.2 Å². The van der Waals surface area contributed by atoms with Crippen LogP contribution in [0.4, 0.5) is 8.78 Å². The molecule has 4 nitrogen and oxygen atoms in total. The topological polar surface area (TPSA) is 63.4 Å². The number of benzene rings is 1. The molecule has 0 radical (unpaired) electrons. The number of sulfonamides is 1. The SMILES string of the molecule is Cl.N[C@H]1CCN(S(=O)(=O)c2c(F)cccc2F)C1. The molecule has 0 amide bonds. The van der Waals surface area contributed by atoms with Crippen molar-refractivity contribution in [2.75, 3.05) is 13.1 Å². The molecule has 1 aliphatic rings. The molecular formula is C10H13ClF2N2O2S. The number of nitrogens with two attached hydrogens (primary N) is 1. The molecule has 102 valence electrons. The van der Waals surface area contributed by atoms with Gasteiger partial charge in [0.25, 0.3) is 0 Å². The van der Waals surface area contributed by atoms with E-state index in [-0.39, 0.29) is 31.5 Å². The van der Waals surface area contributed by atoms with Crippen LogP contribution in [-0.4, -0.2) is 31.9 Å². The highest BCUT2D eigenvalue weighted by Gasteiger charge is 2.34. The molecule has 1 atom stereocenters. The molecular weight excluding hydrogens is 286 g/mol. The van der Waals surface area contributed by atoms with Gasteiger partial charge in [-0.15, -0.1) is 12.4 Å². The Hall–Kier alpha value is -0.760. The van der Waals surface area contributed by atoms with Crippen LogP contribution in [-0.2, 0) is 10.0 Å². The molecule has 0 spiro atoms. The van der Waals surface area contributed by atoms with Crippen LogP contribution in [0.15, 0.2) is 23.1 Å². The molecule has 0 saturated carbocycles. The summed E-state index contributed by atoms with van der Waals surface area (Å²) in [6, 6.07) is 2.69. The largest absolute Gasteiger partial charge is 0.326 e. The molecule has 0 aromatic heterocycles. The number of hydrogen-bond acceptors (Lipinski definition) is 3. The van der Waals surface area contributed by atoms with Crippen molar-refractivity contribution >= 4 is 22.4 Å². The lowest BCUT2D eigenvalue weighted by atomic mass is 10.3. The van der Waals surface area contributed by atoms with Crippen molar-refractivity contribution in [1.29, 1.82) is 0 Å². The van der Waals surface area contributed by atoms with E-state index < -0.39 is 26.6 Å². The zero-order chi connectivity index (χ0) is 12.6. The fraction of sp³-hybridized carbons (Fsp3) is 0.400. The Labute approximate surface area is 110 Å². The molecule has 1 fully saturated rings. The van der Waals surface area contributed by atoms with Crippen molar-refractivity contribution in [2.24, 2.45) is 5.73 Å². The lowest BCUT2D eigenvalue weighted by Crippen LogP contribution is -2.33. The van der Waals surface area contributed by atoms with Crippen LogP contribution in [0.25, 0.3) is 0 Å². The number of rotatable bonds is 2. The summed E-state index contributed by atoms with van der Waals surface area (Å²) in [5.41, 5.74) is 5.58. The maximum atomic E-state index is 13.4. The van der Waals surface area contributed by atoms with E-state index in [1.807, 2.05) is 0 Å². The van der Waals surface area contributed by atoms with Gasteiger partial charge in [-0.3, -0.25) is 0 Å². The van der Waals surface area contributed by atoms with Crippen LogP contribution in [0.2, 0.25) is 0 Å². The van der Waals surface area contributed by atoms with Crippen molar-refractivity contribution in [3.05, 3.63) is 29.8 Å². The van der Waals surface area contributed by atoms with E-state index in [0.717, 1.165) is 22.5 Å². The van der Waals surface area contributed by atoms with Crippen molar-refractivity contribution in [2.45, 2.75) is 17.4 Å². The average Bonchev–Trinajstić information content (AvgIpc) is 2.64. The first kappa shape index (κ1) is 15.3. The van der Waals surface area contributed by atoms with Gasteiger partial charge in [0, 0.05) is 19.1 Å². The van der Waals surface area contributed by atoms with Gasteiger partial charge in [-0.25, -0.2) is 17.2 Å². The first-order valence-electron chi connectivity index (χ1n) is 5.12. The molecule has 2 N–H and O–H groups in total. The summed E-state index contributed by atoms with van der Waals surface area (Å²) in [6.07, 6.45) is 0.495. The van der Waals surface area contributed by atoms with Crippen LogP contribution in [0.3, 0.4) is 0 Å². The van der Waals surface area contributed by atoms with Crippen LogP contribution in [0.1, 0.15) is 6.42 Å². The van der Waals surface area contributed by atoms with Gasteiger partial charge in [-0.05, 0) is 18.6 Å². The second kappa shape index (κ2) is 5.48. The zero-order valence-corrected chi connectivity index (χ0v) is 11.0. The molecule has 0 bridgehead atoms. The first-order chi connectivity index (χ1) is 7.93. The van der Waals surface area contributed by atoms with Gasteiger partial charge in [-0.1, -0.05) is 6.07 Å². The van der Waals surface area contributed by atoms with Gasteiger partial charge < -0.3 is 5.73 Å². The quantitative estimate of drug-likeness (QED) is 0.889.